The third-order valence-electron chi connectivity index (χ3n) is 3.46. The highest BCUT2D eigenvalue weighted by molar-refractivity contribution is 5.99. The standard InChI is InChI=1S/C18H21N2O3/c1-3-4-10-15-11-13(2)16(17(21)19-15)20-18(22)23-12-14-8-6-5-7-9-14/h5-9,11H,3-4,10,12H2,1-2H3,(H,20,22). The van der Waals surface area contributed by atoms with Crippen LogP contribution in [0.15, 0.2) is 53.4 Å². The number of ether oxygens (including phenoxy) is 1. The fourth-order valence-corrected chi connectivity index (χ4v) is 2.21. The zero-order chi connectivity index (χ0) is 16.7. The van der Waals surface area contributed by atoms with Gasteiger partial charge in [-0.3, -0.25) is 10.1 Å². The zero-order valence-corrected chi connectivity index (χ0v) is 13.5. The Morgan fingerprint density at radius 1 is 1.26 bits per heavy atom. The molecule has 0 saturated heterocycles. The summed E-state index contributed by atoms with van der Waals surface area (Å²) in [7, 11) is 0. The van der Waals surface area contributed by atoms with E-state index in [0.717, 1.165) is 30.5 Å². The number of allylic oxidation sites excluding steroid dienone is 3. The van der Waals surface area contributed by atoms with Crippen LogP contribution in [0.3, 0.4) is 0 Å². The smallest absolute Gasteiger partial charge is 0.412 e. The quantitative estimate of drug-likeness (QED) is 0.875. The summed E-state index contributed by atoms with van der Waals surface area (Å²) in [6, 6.07) is 9.36. The van der Waals surface area contributed by atoms with E-state index in [1.165, 1.54) is 0 Å². The van der Waals surface area contributed by atoms with Crippen molar-refractivity contribution in [1.29, 1.82) is 0 Å². The monoisotopic (exact) mass is 313 g/mol. The van der Waals surface area contributed by atoms with Crippen LogP contribution in [-0.2, 0) is 16.1 Å². The lowest BCUT2D eigenvalue weighted by atomic mass is 10.1. The number of carbonyl (C=O) groups excluding carboxylic acids is 2. The molecule has 0 aromatic heterocycles. The zero-order valence-electron chi connectivity index (χ0n) is 13.5. The van der Waals surface area contributed by atoms with E-state index in [0.29, 0.717) is 5.57 Å². The van der Waals surface area contributed by atoms with Crippen LogP contribution < -0.4 is 10.6 Å². The first-order chi connectivity index (χ1) is 11.1. The molecule has 1 radical (unpaired) electrons. The van der Waals surface area contributed by atoms with Crippen molar-refractivity contribution < 1.29 is 14.3 Å². The van der Waals surface area contributed by atoms with Gasteiger partial charge in [0.2, 0.25) is 0 Å². The van der Waals surface area contributed by atoms with Gasteiger partial charge in [0.25, 0.3) is 5.91 Å². The molecule has 0 atom stereocenters. The molecule has 5 heteroatoms. The number of hydrogen-bond acceptors (Lipinski definition) is 3. The maximum absolute atomic E-state index is 12.1. The van der Waals surface area contributed by atoms with E-state index in [1.807, 2.05) is 36.4 Å². The number of nitrogens with zero attached hydrogens (tertiary/aromatic N) is 1. The number of unbranched alkanes of at least 4 members (excludes halogenated alkanes) is 1. The maximum atomic E-state index is 12.1. The molecule has 1 aliphatic heterocycles. The Bertz CT molecular complexity index is 633. The number of rotatable bonds is 6. The number of hydrogen-bond donors (Lipinski definition) is 1. The first kappa shape index (κ1) is 16.8. The predicted molar refractivity (Wildman–Crippen MR) is 87.2 cm³/mol. The Morgan fingerprint density at radius 2 is 2.00 bits per heavy atom. The van der Waals surface area contributed by atoms with E-state index in [4.69, 9.17) is 4.74 Å². The van der Waals surface area contributed by atoms with Crippen molar-refractivity contribution in [1.82, 2.24) is 10.6 Å². The van der Waals surface area contributed by atoms with Gasteiger partial charge in [0.1, 0.15) is 12.3 Å². The van der Waals surface area contributed by atoms with Crippen LogP contribution in [0.1, 0.15) is 38.7 Å². The molecule has 1 heterocycles. The topological polar surface area (TPSA) is 69.5 Å². The summed E-state index contributed by atoms with van der Waals surface area (Å²) in [5, 5.41) is 6.51. The maximum Gasteiger partial charge on any atom is 0.412 e. The fourth-order valence-electron chi connectivity index (χ4n) is 2.21. The molecule has 5 nitrogen and oxygen atoms in total. The third kappa shape index (κ3) is 4.98. The molecule has 0 unspecified atom stereocenters. The number of benzene rings is 1. The molecule has 1 aliphatic rings. The lowest BCUT2D eigenvalue weighted by molar-refractivity contribution is -0.117. The van der Waals surface area contributed by atoms with Gasteiger partial charge in [0.05, 0.1) is 0 Å². The van der Waals surface area contributed by atoms with Crippen LogP contribution in [0.4, 0.5) is 4.79 Å². The van der Waals surface area contributed by atoms with E-state index in [2.05, 4.69) is 17.6 Å². The van der Waals surface area contributed by atoms with Crippen molar-refractivity contribution in [3.05, 3.63) is 58.9 Å². The number of carbonyl (C=O) groups is 2. The van der Waals surface area contributed by atoms with E-state index < -0.39 is 12.0 Å². The van der Waals surface area contributed by atoms with Crippen LogP contribution in [0.2, 0.25) is 0 Å². The molecule has 1 N–H and O–H groups in total. The molecular formula is C18H21N2O3. The molecule has 0 spiro atoms. The largest absolute Gasteiger partial charge is 0.444 e. The van der Waals surface area contributed by atoms with Crippen LogP contribution in [0.25, 0.3) is 0 Å². The van der Waals surface area contributed by atoms with Gasteiger partial charge in [-0.15, -0.1) is 0 Å². The van der Waals surface area contributed by atoms with Gasteiger partial charge in [-0.2, -0.15) is 0 Å². The Hall–Kier alpha value is -2.56. The SMILES string of the molecule is CCCCC1=CC(C)=C(NC(=O)OCc2ccccc2)C(=O)[N]1. The summed E-state index contributed by atoms with van der Waals surface area (Å²) >= 11 is 0. The minimum absolute atomic E-state index is 0.155. The molecule has 1 aromatic rings. The Balaban J connectivity index is 1.94. The third-order valence-corrected chi connectivity index (χ3v) is 3.46. The first-order valence-corrected chi connectivity index (χ1v) is 7.75. The molecule has 0 bridgehead atoms. The number of amides is 2. The highest BCUT2D eigenvalue weighted by Crippen LogP contribution is 2.17. The molecule has 1 aromatic carbocycles. The average Bonchev–Trinajstić information content (AvgIpc) is 2.55. The molecule has 2 rings (SSSR count). The van der Waals surface area contributed by atoms with Gasteiger partial charge < -0.3 is 4.74 Å². The molecule has 23 heavy (non-hydrogen) atoms. The second-order valence-electron chi connectivity index (χ2n) is 5.40. The average molecular weight is 313 g/mol. The summed E-state index contributed by atoms with van der Waals surface area (Å²) < 4.78 is 5.12. The summed E-state index contributed by atoms with van der Waals surface area (Å²) in [6.45, 7) is 4.02. The molecule has 0 saturated carbocycles. The highest BCUT2D eigenvalue weighted by Gasteiger charge is 2.22. The van der Waals surface area contributed by atoms with Crippen molar-refractivity contribution in [2.75, 3.05) is 0 Å². The minimum Gasteiger partial charge on any atom is -0.444 e. The van der Waals surface area contributed by atoms with Crippen LogP contribution in [0, 0.1) is 0 Å². The van der Waals surface area contributed by atoms with Gasteiger partial charge in [-0.1, -0.05) is 43.7 Å². The molecule has 2 amide bonds. The van der Waals surface area contributed by atoms with E-state index >= 15 is 0 Å². The predicted octanol–water partition coefficient (Wildman–Crippen LogP) is 3.41. The second kappa shape index (κ2) is 8.17. The molecular weight excluding hydrogens is 292 g/mol. The second-order valence-corrected chi connectivity index (χ2v) is 5.40. The lowest BCUT2D eigenvalue weighted by Crippen LogP contribution is -2.34. The summed E-state index contributed by atoms with van der Waals surface area (Å²) in [6.07, 6.45) is 3.98. The van der Waals surface area contributed by atoms with Crippen LogP contribution in [0.5, 0.6) is 0 Å². The van der Waals surface area contributed by atoms with Crippen molar-refractivity contribution in [2.24, 2.45) is 0 Å². The molecule has 0 fully saturated rings. The Morgan fingerprint density at radius 3 is 2.65 bits per heavy atom. The van der Waals surface area contributed by atoms with E-state index in [9.17, 15) is 9.59 Å². The summed E-state index contributed by atoms with van der Waals surface area (Å²) in [5.74, 6) is -0.423. The normalized spacial score (nSPS) is 14.2. The van der Waals surface area contributed by atoms with Crippen molar-refractivity contribution >= 4 is 12.0 Å². The van der Waals surface area contributed by atoms with Crippen LogP contribution >= 0.6 is 0 Å². The van der Waals surface area contributed by atoms with Gasteiger partial charge in [0.15, 0.2) is 0 Å². The first-order valence-electron chi connectivity index (χ1n) is 7.75. The van der Waals surface area contributed by atoms with Gasteiger partial charge >= 0.3 is 6.09 Å². The van der Waals surface area contributed by atoms with Gasteiger partial charge in [-0.05, 0) is 37.0 Å². The van der Waals surface area contributed by atoms with Gasteiger partial charge in [-0.25, -0.2) is 10.1 Å². The molecule has 0 aliphatic carbocycles. The van der Waals surface area contributed by atoms with Crippen molar-refractivity contribution in [3.8, 4) is 0 Å². The van der Waals surface area contributed by atoms with Gasteiger partial charge in [0, 0.05) is 5.70 Å². The Labute approximate surface area is 136 Å². The Kier molecular flexibility index (Phi) is 5.97. The summed E-state index contributed by atoms with van der Waals surface area (Å²) in [4.78, 5) is 23.9. The van der Waals surface area contributed by atoms with Crippen molar-refractivity contribution in [2.45, 2.75) is 39.7 Å². The van der Waals surface area contributed by atoms with E-state index in [-0.39, 0.29) is 12.3 Å². The van der Waals surface area contributed by atoms with E-state index in [1.54, 1.807) is 6.92 Å². The number of alkyl carbamates (subject to hydrolysis) is 1. The number of nitrogens with one attached hydrogen (secondary N) is 1. The minimum atomic E-state index is -0.655. The van der Waals surface area contributed by atoms with Crippen molar-refractivity contribution in [3.63, 3.8) is 0 Å². The lowest BCUT2D eigenvalue weighted by Gasteiger charge is -2.17. The van der Waals surface area contributed by atoms with Crippen LogP contribution in [-0.4, -0.2) is 12.0 Å². The fraction of sp³-hybridized carbons (Fsp3) is 0.333. The molecule has 121 valence electrons. The summed E-state index contributed by atoms with van der Waals surface area (Å²) in [5.41, 5.74) is 2.53. The highest BCUT2D eigenvalue weighted by atomic mass is 16.5.